The van der Waals surface area contributed by atoms with Crippen LogP contribution in [0.25, 0.3) is 5.69 Å². The van der Waals surface area contributed by atoms with Crippen molar-refractivity contribution in [2.45, 2.75) is 5.03 Å². The minimum absolute atomic E-state index is 0.0364. The second kappa shape index (κ2) is 5.71. The molecule has 0 saturated carbocycles. The lowest BCUT2D eigenvalue weighted by molar-refractivity contribution is 0.108. The molecule has 0 bridgehead atoms. The van der Waals surface area contributed by atoms with Crippen LogP contribution in [0.4, 0.5) is 0 Å². The highest BCUT2D eigenvalue weighted by Crippen LogP contribution is 2.21. The first-order valence-corrected chi connectivity index (χ1v) is 6.89. The third kappa shape index (κ3) is 2.78. The second-order valence-electron chi connectivity index (χ2n) is 4.09. The van der Waals surface area contributed by atoms with Gasteiger partial charge in [-0.2, -0.15) is 0 Å². The number of rotatable bonds is 3. The Hall–Kier alpha value is -2.40. The zero-order valence-corrected chi connectivity index (χ0v) is 11.3. The summed E-state index contributed by atoms with van der Waals surface area (Å²) in [5.74, 6) is 0. The van der Waals surface area contributed by atoms with Gasteiger partial charge in [-0.25, -0.2) is 4.68 Å². The fourth-order valence-electron chi connectivity index (χ4n) is 1.73. The molecule has 0 fully saturated rings. The first kappa shape index (κ1) is 12.6. The lowest BCUT2D eigenvalue weighted by Gasteiger charge is -1.98. The Morgan fingerprint density at radius 3 is 2.30 bits per heavy atom. The molecule has 20 heavy (non-hydrogen) atoms. The summed E-state index contributed by atoms with van der Waals surface area (Å²) in [5, 5.41) is 8.59. The van der Waals surface area contributed by atoms with Crippen LogP contribution in [-0.4, -0.2) is 20.1 Å². The molecule has 0 amide bonds. The third-order valence-electron chi connectivity index (χ3n) is 2.70. The molecule has 0 atom stereocenters. The van der Waals surface area contributed by atoms with Crippen LogP contribution < -0.4 is 0 Å². The van der Waals surface area contributed by atoms with E-state index in [2.05, 4.69) is 10.3 Å². The maximum atomic E-state index is 12.0. The van der Waals surface area contributed by atoms with Gasteiger partial charge in [0.05, 0.1) is 11.9 Å². The van der Waals surface area contributed by atoms with Gasteiger partial charge < -0.3 is 0 Å². The summed E-state index contributed by atoms with van der Waals surface area (Å²) >= 11 is 1.08. The van der Waals surface area contributed by atoms with Crippen molar-refractivity contribution in [2.24, 2.45) is 0 Å². The molecule has 0 unspecified atom stereocenters. The molecule has 0 aliphatic rings. The van der Waals surface area contributed by atoms with Crippen LogP contribution in [0.15, 0.2) is 71.9 Å². The molecule has 0 spiro atoms. The van der Waals surface area contributed by atoms with Crippen molar-refractivity contribution in [3.8, 4) is 5.69 Å². The fraction of sp³-hybridized carbons (Fsp3) is 0. The lowest BCUT2D eigenvalue weighted by Crippen LogP contribution is -1.93. The second-order valence-corrected chi connectivity index (χ2v) is 5.09. The van der Waals surface area contributed by atoms with Gasteiger partial charge in [0.2, 0.25) is 5.12 Å². The summed E-state index contributed by atoms with van der Waals surface area (Å²) in [6, 6.07) is 18.8. The van der Waals surface area contributed by atoms with Gasteiger partial charge in [-0.15, -0.1) is 5.10 Å². The summed E-state index contributed by atoms with van der Waals surface area (Å²) < 4.78 is 1.65. The molecule has 0 N–H and O–H groups in total. The molecule has 2 aromatic carbocycles. The molecule has 0 saturated heterocycles. The number of nitrogens with zero attached hydrogens (tertiary/aromatic N) is 3. The number of thioether (sulfide) groups is 1. The highest BCUT2D eigenvalue weighted by Gasteiger charge is 2.11. The number of hydrogen-bond acceptors (Lipinski definition) is 4. The monoisotopic (exact) mass is 281 g/mol. The van der Waals surface area contributed by atoms with Crippen molar-refractivity contribution in [3.63, 3.8) is 0 Å². The molecule has 0 aliphatic carbocycles. The van der Waals surface area contributed by atoms with E-state index in [9.17, 15) is 4.79 Å². The summed E-state index contributed by atoms with van der Waals surface area (Å²) in [7, 11) is 0. The van der Waals surface area contributed by atoms with E-state index in [1.807, 2.05) is 48.5 Å². The van der Waals surface area contributed by atoms with E-state index in [0.717, 1.165) is 17.4 Å². The van der Waals surface area contributed by atoms with Crippen molar-refractivity contribution < 1.29 is 4.79 Å². The Morgan fingerprint density at radius 1 is 0.950 bits per heavy atom. The summed E-state index contributed by atoms with van der Waals surface area (Å²) in [6.07, 6.45) is 1.75. The van der Waals surface area contributed by atoms with E-state index in [-0.39, 0.29) is 5.12 Å². The predicted octanol–water partition coefficient (Wildman–Crippen LogP) is 3.20. The smallest absolute Gasteiger partial charge is 0.225 e. The van der Waals surface area contributed by atoms with Crippen LogP contribution in [-0.2, 0) is 0 Å². The lowest BCUT2D eigenvalue weighted by atomic mass is 10.2. The van der Waals surface area contributed by atoms with Crippen molar-refractivity contribution in [2.75, 3.05) is 0 Å². The van der Waals surface area contributed by atoms with E-state index in [4.69, 9.17) is 0 Å². The van der Waals surface area contributed by atoms with Crippen molar-refractivity contribution in [3.05, 3.63) is 72.4 Å². The SMILES string of the molecule is O=C(Sc1cn(-c2ccccc2)nn1)c1ccccc1. The molecule has 98 valence electrons. The van der Waals surface area contributed by atoms with Gasteiger partial charge in [0.15, 0.2) is 0 Å². The van der Waals surface area contributed by atoms with Gasteiger partial charge in [0.25, 0.3) is 0 Å². The van der Waals surface area contributed by atoms with E-state index in [1.165, 1.54) is 0 Å². The zero-order valence-electron chi connectivity index (χ0n) is 10.5. The summed E-state index contributed by atoms with van der Waals surface area (Å²) in [5.41, 5.74) is 1.57. The Labute approximate surface area is 120 Å². The number of hydrogen-bond donors (Lipinski definition) is 0. The molecular weight excluding hydrogens is 270 g/mol. The topological polar surface area (TPSA) is 47.8 Å². The molecule has 1 aromatic heterocycles. The summed E-state index contributed by atoms with van der Waals surface area (Å²) in [4.78, 5) is 12.0. The maximum absolute atomic E-state index is 12.0. The van der Waals surface area contributed by atoms with E-state index >= 15 is 0 Å². The van der Waals surface area contributed by atoms with Crippen LogP contribution >= 0.6 is 11.8 Å². The molecular formula is C15H11N3OS. The van der Waals surface area contributed by atoms with Gasteiger partial charge in [0, 0.05) is 5.56 Å². The van der Waals surface area contributed by atoms with Crippen LogP contribution in [0.2, 0.25) is 0 Å². The van der Waals surface area contributed by atoms with Crippen LogP contribution in [0.3, 0.4) is 0 Å². The molecule has 5 heteroatoms. The predicted molar refractivity (Wildman–Crippen MR) is 78.0 cm³/mol. The first-order chi connectivity index (χ1) is 9.83. The van der Waals surface area contributed by atoms with Crippen molar-refractivity contribution in [1.29, 1.82) is 0 Å². The van der Waals surface area contributed by atoms with Crippen LogP contribution in [0.5, 0.6) is 0 Å². The molecule has 0 radical (unpaired) electrons. The first-order valence-electron chi connectivity index (χ1n) is 6.08. The Bertz CT molecular complexity index is 710. The highest BCUT2D eigenvalue weighted by atomic mass is 32.2. The number of para-hydroxylation sites is 1. The molecule has 3 aromatic rings. The van der Waals surface area contributed by atoms with Gasteiger partial charge in [-0.1, -0.05) is 53.7 Å². The summed E-state index contributed by atoms with van der Waals surface area (Å²) in [6.45, 7) is 0. The quantitative estimate of drug-likeness (QED) is 0.692. The van der Waals surface area contributed by atoms with Gasteiger partial charge >= 0.3 is 0 Å². The van der Waals surface area contributed by atoms with Gasteiger partial charge in [0.1, 0.15) is 5.03 Å². The Kier molecular flexibility index (Phi) is 3.60. The molecule has 0 aliphatic heterocycles. The van der Waals surface area contributed by atoms with Gasteiger partial charge in [-0.05, 0) is 23.9 Å². The molecule has 4 nitrogen and oxygen atoms in total. The minimum Gasteiger partial charge on any atom is -0.281 e. The zero-order chi connectivity index (χ0) is 13.8. The van der Waals surface area contributed by atoms with E-state index in [0.29, 0.717) is 10.6 Å². The largest absolute Gasteiger partial charge is 0.281 e. The number of carbonyl (C=O) groups is 1. The van der Waals surface area contributed by atoms with Crippen molar-refractivity contribution in [1.82, 2.24) is 15.0 Å². The third-order valence-corrected chi connectivity index (χ3v) is 3.52. The molecule has 1 heterocycles. The van der Waals surface area contributed by atoms with Crippen molar-refractivity contribution >= 4 is 16.9 Å². The van der Waals surface area contributed by atoms with Gasteiger partial charge in [-0.3, -0.25) is 4.79 Å². The number of carbonyl (C=O) groups excluding carboxylic acids is 1. The number of aromatic nitrogens is 3. The average Bonchev–Trinajstić information content (AvgIpc) is 2.97. The highest BCUT2D eigenvalue weighted by molar-refractivity contribution is 8.14. The van der Waals surface area contributed by atoms with E-state index in [1.54, 1.807) is 23.0 Å². The number of benzene rings is 2. The maximum Gasteiger partial charge on any atom is 0.225 e. The Balaban J connectivity index is 1.77. The van der Waals surface area contributed by atoms with Crippen LogP contribution in [0.1, 0.15) is 10.4 Å². The normalized spacial score (nSPS) is 10.4. The van der Waals surface area contributed by atoms with Crippen LogP contribution in [0, 0.1) is 0 Å². The Morgan fingerprint density at radius 2 is 1.60 bits per heavy atom. The minimum atomic E-state index is -0.0364. The standard InChI is InChI=1S/C15H11N3OS/c19-15(12-7-3-1-4-8-12)20-14-11-18(17-16-14)13-9-5-2-6-10-13/h1-11H. The molecule has 3 rings (SSSR count). The fourth-order valence-corrected chi connectivity index (χ4v) is 2.40. The average molecular weight is 281 g/mol. The van der Waals surface area contributed by atoms with E-state index < -0.39 is 0 Å².